The molecule has 0 bridgehead atoms. The molecule has 0 aromatic carbocycles. The van der Waals surface area contributed by atoms with Gasteiger partial charge in [0.15, 0.2) is 0 Å². The number of rotatable bonds is 5. The molecule has 0 amide bonds. The quantitative estimate of drug-likeness (QED) is 0.902. The van der Waals surface area contributed by atoms with Crippen molar-refractivity contribution < 1.29 is 4.74 Å². The molecule has 1 aromatic heterocycles. The van der Waals surface area contributed by atoms with Crippen LogP contribution in [0.15, 0.2) is 4.47 Å². The lowest BCUT2D eigenvalue weighted by atomic mass is 9.90. The second-order valence-electron chi connectivity index (χ2n) is 5.24. The van der Waals surface area contributed by atoms with E-state index in [1.807, 2.05) is 7.05 Å². The second-order valence-corrected chi connectivity index (χ2v) is 6.03. The van der Waals surface area contributed by atoms with Crippen LogP contribution in [0.5, 0.6) is 0 Å². The molecule has 0 spiro atoms. The first-order valence-corrected chi connectivity index (χ1v) is 7.93. The van der Waals surface area contributed by atoms with Crippen LogP contribution in [0, 0.1) is 12.8 Å². The summed E-state index contributed by atoms with van der Waals surface area (Å²) in [5.74, 6) is 0.603. The summed E-state index contributed by atoms with van der Waals surface area (Å²) >= 11 is 3.68. The van der Waals surface area contributed by atoms with E-state index in [0.29, 0.717) is 12.0 Å². The summed E-state index contributed by atoms with van der Waals surface area (Å²) in [6.45, 7) is 6.91. The van der Waals surface area contributed by atoms with E-state index in [2.05, 4.69) is 44.9 Å². The lowest BCUT2D eigenvalue weighted by Crippen LogP contribution is -2.40. The van der Waals surface area contributed by atoms with Crippen LogP contribution >= 0.6 is 15.9 Å². The van der Waals surface area contributed by atoms with Gasteiger partial charge in [-0.3, -0.25) is 4.68 Å². The number of ether oxygens (including phenoxy) is 1. The third kappa shape index (κ3) is 3.38. The fourth-order valence-corrected chi connectivity index (χ4v) is 3.31. The second kappa shape index (κ2) is 6.86. The molecule has 19 heavy (non-hydrogen) atoms. The number of halogens is 1. The van der Waals surface area contributed by atoms with E-state index in [4.69, 9.17) is 4.74 Å². The van der Waals surface area contributed by atoms with Gasteiger partial charge in [0.1, 0.15) is 0 Å². The number of nitrogens with one attached hydrogen (secondary N) is 1. The van der Waals surface area contributed by atoms with E-state index in [9.17, 15) is 0 Å². The molecule has 4 nitrogen and oxygen atoms in total. The van der Waals surface area contributed by atoms with Crippen molar-refractivity contribution in [1.29, 1.82) is 0 Å². The standard InChI is InChI=1S/C14H24BrN3O/c1-4-18-13(14(15)10(2)17-18)8-12(16-3)11-6-5-7-19-9-11/h11-12,16H,4-9H2,1-3H3. The summed E-state index contributed by atoms with van der Waals surface area (Å²) in [6, 6.07) is 0.456. The summed E-state index contributed by atoms with van der Waals surface area (Å²) in [7, 11) is 2.05. The molecule has 1 aliphatic heterocycles. The largest absolute Gasteiger partial charge is 0.381 e. The normalized spacial score (nSPS) is 21.6. The summed E-state index contributed by atoms with van der Waals surface area (Å²) in [4.78, 5) is 0. The SMILES string of the molecule is CCn1nc(C)c(Br)c1CC(NC)C1CCCOC1. The van der Waals surface area contributed by atoms with Crippen molar-refractivity contribution in [3.63, 3.8) is 0 Å². The lowest BCUT2D eigenvalue weighted by molar-refractivity contribution is 0.0402. The van der Waals surface area contributed by atoms with Crippen LogP contribution in [0.4, 0.5) is 0 Å². The zero-order valence-electron chi connectivity index (χ0n) is 12.1. The van der Waals surface area contributed by atoms with Gasteiger partial charge in [-0.15, -0.1) is 0 Å². The Bertz CT molecular complexity index is 413. The highest BCUT2D eigenvalue weighted by atomic mass is 79.9. The minimum atomic E-state index is 0.456. The van der Waals surface area contributed by atoms with E-state index in [-0.39, 0.29) is 0 Å². The van der Waals surface area contributed by atoms with Crippen molar-refractivity contribution in [3.8, 4) is 0 Å². The highest BCUT2D eigenvalue weighted by Gasteiger charge is 2.25. The van der Waals surface area contributed by atoms with Crippen LogP contribution in [0.25, 0.3) is 0 Å². The van der Waals surface area contributed by atoms with Crippen molar-refractivity contribution in [2.45, 2.75) is 45.7 Å². The average molecular weight is 330 g/mol. The monoisotopic (exact) mass is 329 g/mol. The third-order valence-corrected chi connectivity index (χ3v) is 5.03. The Labute approximate surface area is 124 Å². The number of hydrogen-bond acceptors (Lipinski definition) is 3. The van der Waals surface area contributed by atoms with Crippen molar-refractivity contribution in [2.24, 2.45) is 5.92 Å². The van der Waals surface area contributed by atoms with Gasteiger partial charge in [0.25, 0.3) is 0 Å². The fraction of sp³-hybridized carbons (Fsp3) is 0.786. The number of likely N-dealkylation sites (N-methyl/N-ethyl adjacent to an activating group) is 1. The zero-order valence-corrected chi connectivity index (χ0v) is 13.7. The third-order valence-electron chi connectivity index (χ3n) is 4.00. The molecule has 1 aromatic rings. The lowest BCUT2D eigenvalue weighted by Gasteiger charge is -2.30. The fourth-order valence-electron chi connectivity index (χ4n) is 2.86. The minimum absolute atomic E-state index is 0.456. The van der Waals surface area contributed by atoms with E-state index >= 15 is 0 Å². The molecule has 1 saturated heterocycles. The molecule has 5 heteroatoms. The average Bonchev–Trinajstić information content (AvgIpc) is 2.72. The van der Waals surface area contributed by atoms with Crippen molar-refractivity contribution in [1.82, 2.24) is 15.1 Å². The number of aryl methyl sites for hydroxylation is 2. The van der Waals surface area contributed by atoms with Crippen LogP contribution in [-0.4, -0.2) is 36.1 Å². The van der Waals surface area contributed by atoms with Crippen LogP contribution in [0.2, 0.25) is 0 Å². The Morgan fingerprint density at radius 1 is 1.58 bits per heavy atom. The number of aromatic nitrogens is 2. The van der Waals surface area contributed by atoms with Crippen LogP contribution in [-0.2, 0) is 17.7 Å². The summed E-state index contributed by atoms with van der Waals surface area (Å²) in [6.07, 6.45) is 3.43. The number of nitrogens with zero attached hydrogens (tertiary/aromatic N) is 2. The van der Waals surface area contributed by atoms with Crippen LogP contribution in [0.3, 0.4) is 0 Å². The van der Waals surface area contributed by atoms with E-state index < -0.39 is 0 Å². The zero-order chi connectivity index (χ0) is 13.8. The van der Waals surface area contributed by atoms with Gasteiger partial charge in [-0.25, -0.2) is 0 Å². The molecule has 108 valence electrons. The molecule has 0 radical (unpaired) electrons. The van der Waals surface area contributed by atoms with Gasteiger partial charge in [0.05, 0.1) is 22.5 Å². The van der Waals surface area contributed by atoms with Gasteiger partial charge in [-0.1, -0.05) is 0 Å². The molecule has 2 atom stereocenters. The molecule has 0 saturated carbocycles. The Kier molecular flexibility index (Phi) is 5.42. The van der Waals surface area contributed by atoms with E-state index in [1.165, 1.54) is 18.5 Å². The Morgan fingerprint density at radius 2 is 2.37 bits per heavy atom. The topological polar surface area (TPSA) is 39.1 Å². The molecule has 1 N–H and O–H groups in total. The van der Waals surface area contributed by atoms with Crippen LogP contribution in [0.1, 0.15) is 31.2 Å². The first kappa shape index (κ1) is 15.0. The van der Waals surface area contributed by atoms with Crippen molar-refractivity contribution in [2.75, 3.05) is 20.3 Å². The smallest absolute Gasteiger partial charge is 0.0738 e. The maximum absolute atomic E-state index is 5.62. The molecule has 2 rings (SSSR count). The van der Waals surface area contributed by atoms with Gasteiger partial charge >= 0.3 is 0 Å². The predicted octanol–water partition coefficient (Wildman–Crippen LogP) is 2.53. The molecule has 1 fully saturated rings. The predicted molar refractivity (Wildman–Crippen MR) is 80.4 cm³/mol. The van der Waals surface area contributed by atoms with E-state index in [1.54, 1.807) is 0 Å². The van der Waals surface area contributed by atoms with Gasteiger partial charge in [0.2, 0.25) is 0 Å². The molecule has 0 aliphatic carbocycles. The first-order valence-electron chi connectivity index (χ1n) is 7.14. The number of hydrogen-bond donors (Lipinski definition) is 1. The summed E-state index contributed by atoms with van der Waals surface area (Å²) in [5, 5.41) is 8.04. The van der Waals surface area contributed by atoms with Gasteiger partial charge in [-0.2, -0.15) is 5.10 Å². The molecule has 2 unspecified atom stereocenters. The van der Waals surface area contributed by atoms with E-state index in [0.717, 1.165) is 36.3 Å². The van der Waals surface area contributed by atoms with Gasteiger partial charge < -0.3 is 10.1 Å². The maximum Gasteiger partial charge on any atom is 0.0738 e. The maximum atomic E-state index is 5.62. The highest BCUT2D eigenvalue weighted by molar-refractivity contribution is 9.10. The van der Waals surface area contributed by atoms with Gasteiger partial charge in [-0.05, 0) is 55.6 Å². The Balaban J connectivity index is 2.13. The Hall–Kier alpha value is -0.390. The Morgan fingerprint density at radius 3 is 2.95 bits per heavy atom. The summed E-state index contributed by atoms with van der Waals surface area (Å²) in [5.41, 5.74) is 2.37. The molecular weight excluding hydrogens is 306 g/mol. The van der Waals surface area contributed by atoms with Gasteiger partial charge in [0, 0.05) is 25.6 Å². The molecular formula is C14H24BrN3O. The van der Waals surface area contributed by atoms with Crippen molar-refractivity contribution in [3.05, 3.63) is 15.9 Å². The highest BCUT2D eigenvalue weighted by Crippen LogP contribution is 2.26. The van der Waals surface area contributed by atoms with Crippen molar-refractivity contribution >= 4 is 15.9 Å². The first-order chi connectivity index (χ1) is 9.17. The summed E-state index contributed by atoms with van der Waals surface area (Å²) < 4.78 is 8.88. The molecule has 1 aliphatic rings. The molecule has 2 heterocycles. The van der Waals surface area contributed by atoms with Crippen LogP contribution < -0.4 is 5.32 Å². The minimum Gasteiger partial charge on any atom is -0.381 e.